The van der Waals surface area contributed by atoms with Crippen molar-refractivity contribution >= 4 is 17.8 Å². The van der Waals surface area contributed by atoms with Crippen molar-refractivity contribution in [2.24, 2.45) is 5.92 Å². The Labute approximate surface area is 187 Å². The Bertz CT molecular complexity index is 909. The molecule has 3 heterocycles. The van der Waals surface area contributed by atoms with Crippen LogP contribution in [0.4, 0.5) is 9.18 Å². The molecule has 8 heteroatoms. The third kappa shape index (κ3) is 4.74. The van der Waals surface area contributed by atoms with E-state index in [1.807, 2.05) is 25.7 Å². The van der Waals surface area contributed by atoms with Crippen molar-refractivity contribution in [3.63, 3.8) is 0 Å². The van der Waals surface area contributed by atoms with E-state index in [0.717, 1.165) is 0 Å². The molecule has 3 aliphatic rings. The maximum absolute atomic E-state index is 13.5. The lowest BCUT2D eigenvalue weighted by Gasteiger charge is -2.45. The number of amides is 2. The van der Waals surface area contributed by atoms with Gasteiger partial charge in [-0.3, -0.25) is 9.59 Å². The second-order valence-electron chi connectivity index (χ2n) is 10.1. The van der Waals surface area contributed by atoms with Crippen LogP contribution in [0.3, 0.4) is 0 Å². The number of rotatable bonds is 1. The van der Waals surface area contributed by atoms with E-state index < -0.39 is 17.0 Å². The number of piperidine rings is 2. The summed E-state index contributed by atoms with van der Waals surface area (Å²) in [5.41, 5.74) is -0.866. The highest BCUT2D eigenvalue weighted by Crippen LogP contribution is 2.40. The van der Waals surface area contributed by atoms with E-state index in [1.165, 1.54) is 18.2 Å². The summed E-state index contributed by atoms with van der Waals surface area (Å²) in [6, 6.07) is 4.04. The van der Waals surface area contributed by atoms with Gasteiger partial charge in [-0.25, -0.2) is 9.18 Å². The van der Waals surface area contributed by atoms with Crippen molar-refractivity contribution in [2.45, 2.75) is 64.1 Å². The van der Waals surface area contributed by atoms with Gasteiger partial charge in [0, 0.05) is 44.9 Å². The summed E-state index contributed by atoms with van der Waals surface area (Å²) in [7, 11) is 0. The van der Waals surface area contributed by atoms with Crippen LogP contribution in [0, 0.1) is 11.7 Å². The Morgan fingerprint density at radius 3 is 2.38 bits per heavy atom. The van der Waals surface area contributed by atoms with Gasteiger partial charge >= 0.3 is 6.09 Å². The number of carbonyl (C=O) groups is 3. The number of halogens is 1. The number of carbonyl (C=O) groups excluding carboxylic acids is 3. The van der Waals surface area contributed by atoms with Crippen molar-refractivity contribution in [1.82, 2.24) is 9.80 Å². The zero-order valence-corrected chi connectivity index (χ0v) is 19.0. The maximum Gasteiger partial charge on any atom is 0.410 e. The van der Waals surface area contributed by atoms with Crippen LogP contribution in [0.5, 0.6) is 5.75 Å². The summed E-state index contributed by atoms with van der Waals surface area (Å²) in [6.45, 7) is 7.58. The molecule has 0 bridgehead atoms. The van der Waals surface area contributed by atoms with Gasteiger partial charge in [-0.15, -0.1) is 0 Å². The molecule has 2 amide bonds. The number of nitrogens with zero attached hydrogens (tertiary/aromatic N) is 2. The molecule has 1 aromatic rings. The van der Waals surface area contributed by atoms with Gasteiger partial charge in [-0.1, -0.05) is 0 Å². The van der Waals surface area contributed by atoms with Gasteiger partial charge < -0.3 is 19.3 Å². The highest BCUT2D eigenvalue weighted by atomic mass is 19.1. The van der Waals surface area contributed by atoms with Gasteiger partial charge in [0.25, 0.3) is 0 Å². The smallest absolute Gasteiger partial charge is 0.410 e. The van der Waals surface area contributed by atoms with Crippen LogP contribution in [0.25, 0.3) is 0 Å². The SMILES string of the molecule is CC(C)(C)OC(=O)N1CCC(C(=O)N2CCC3(CC2)CC(=O)c2cc(F)ccc2O3)CC1. The van der Waals surface area contributed by atoms with E-state index >= 15 is 0 Å². The topological polar surface area (TPSA) is 76.2 Å². The highest BCUT2D eigenvalue weighted by molar-refractivity contribution is 6.00. The molecule has 0 aliphatic carbocycles. The fourth-order valence-corrected chi connectivity index (χ4v) is 4.77. The Morgan fingerprint density at radius 1 is 1.09 bits per heavy atom. The average molecular weight is 447 g/mol. The molecule has 1 aromatic carbocycles. The van der Waals surface area contributed by atoms with Crippen LogP contribution in [0.2, 0.25) is 0 Å². The minimum atomic E-state index is -0.626. The molecule has 32 heavy (non-hydrogen) atoms. The molecule has 0 N–H and O–H groups in total. The molecule has 0 aromatic heterocycles. The van der Waals surface area contributed by atoms with E-state index in [2.05, 4.69) is 0 Å². The summed E-state index contributed by atoms with van der Waals surface area (Å²) >= 11 is 0. The summed E-state index contributed by atoms with van der Waals surface area (Å²) in [5.74, 6) is -0.139. The molecular formula is C24H31FN2O5. The molecule has 0 radical (unpaired) electrons. The monoisotopic (exact) mass is 446 g/mol. The standard InChI is InChI=1S/C24H31FN2O5/c1-23(2,3)32-22(30)27-10-6-16(7-11-27)21(29)26-12-8-24(9-13-26)15-19(28)18-14-17(25)4-5-20(18)31-24/h4-5,14,16H,6-13,15H2,1-3H3. The number of benzene rings is 1. The molecule has 4 rings (SSSR count). The number of Topliss-reactive ketones (excluding diaryl/α,β-unsaturated/α-hetero) is 1. The minimum absolute atomic E-state index is 0.105. The Hall–Kier alpha value is -2.64. The normalized spacial score (nSPS) is 21.2. The van der Waals surface area contributed by atoms with Crippen LogP contribution >= 0.6 is 0 Å². The van der Waals surface area contributed by atoms with E-state index in [9.17, 15) is 18.8 Å². The van der Waals surface area contributed by atoms with Gasteiger partial charge in [0.15, 0.2) is 5.78 Å². The summed E-state index contributed by atoms with van der Waals surface area (Å²) in [6.07, 6.45) is 2.25. The van der Waals surface area contributed by atoms with E-state index in [-0.39, 0.29) is 30.1 Å². The van der Waals surface area contributed by atoms with Gasteiger partial charge in [-0.2, -0.15) is 0 Å². The lowest BCUT2D eigenvalue weighted by molar-refractivity contribution is -0.140. The predicted octanol–water partition coefficient (Wildman–Crippen LogP) is 3.80. The summed E-state index contributed by atoms with van der Waals surface area (Å²) < 4.78 is 25.1. The zero-order chi connectivity index (χ0) is 23.1. The van der Waals surface area contributed by atoms with Gasteiger partial charge in [0.05, 0.1) is 12.0 Å². The fourth-order valence-electron chi connectivity index (χ4n) is 4.77. The Morgan fingerprint density at radius 2 is 1.75 bits per heavy atom. The fraction of sp³-hybridized carbons (Fsp3) is 0.625. The molecule has 0 unspecified atom stereocenters. The molecule has 2 fully saturated rings. The predicted molar refractivity (Wildman–Crippen MR) is 115 cm³/mol. The summed E-state index contributed by atoms with van der Waals surface area (Å²) in [4.78, 5) is 41.4. The van der Waals surface area contributed by atoms with Crippen LogP contribution in [-0.2, 0) is 9.53 Å². The molecule has 1 spiro atoms. The van der Waals surface area contributed by atoms with Crippen LogP contribution < -0.4 is 4.74 Å². The molecule has 2 saturated heterocycles. The number of hydrogen-bond donors (Lipinski definition) is 0. The number of likely N-dealkylation sites (tertiary alicyclic amines) is 2. The number of fused-ring (bicyclic) bond motifs is 1. The van der Waals surface area contributed by atoms with Crippen molar-refractivity contribution in [3.05, 3.63) is 29.6 Å². The van der Waals surface area contributed by atoms with Crippen LogP contribution in [-0.4, -0.2) is 65.0 Å². The van der Waals surface area contributed by atoms with Crippen molar-refractivity contribution in [1.29, 1.82) is 0 Å². The molecular weight excluding hydrogens is 415 g/mol. The molecule has 0 atom stereocenters. The first-order valence-electron chi connectivity index (χ1n) is 11.3. The first-order valence-corrected chi connectivity index (χ1v) is 11.3. The zero-order valence-electron chi connectivity index (χ0n) is 19.0. The lowest BCUT2D eigenvalue weighted by atomic mass is 9.82. The second-order valence-corrected chi connectivity index (χ2v) is 10.1. The van der Waals surface area contributed by atoms with E-state index in [4.69, 9.17) is 9.47 Å². The first-order chi connectivity index (χ1) is 15.1. The van der Waals surface area contributed by atoms with Crippen molar-refractivity contribution in [2.75, 3.05) is 26.2 Å². The Kier molecular flexibility index (Phi) is 5.90. The molecule has 0 saturated carbocycles. The number of ether oxygens (including phenoxy) is 2. The van der Waals surface area contributed by atoms with Crippen molar-refractivity contribution in [3.8, 4) is 5.75 Å². The number of ketones is 1. The number of hydrogen-bond acceptors (Lipinski definition) is 5. The Balaban J connectivity index is 1.31. The average Bonchev–Trinajstić information content (AvgIpc) is 2.73. The largest absolute Gasteiger partial charge is 0.486 e. The van der Waals surface area contributed by atoms with Crippen LogP contribution in [0.15, 0.2) is 18.2 Å². The first kappa shape index (κ1) is 22.6. The minimum Gasteiger partial charge on any atom is -0.486 e. The maximum atomic E-state index is 13.5. The quantitative estimate of drug-likeness (QED) is 0.656. The molecule has 174 valence electrons. The lowest BCUT2D eigenvalue weighted by Crippen LogP contribution is -2.54. The van der Waals surface area contributed by atoms with E-state index in [1.54, 1.807) is 4.90 Å². The molecule has 3 aliphatic heterocycles. The highest BCUT2D eigenvalue weighted by Gasteiger charge is 2.44. The van der Waals surface area contributed by atoms with Gasteiger partial charge in [0.2, 0.25) is 5.91 Å². The van der Waals surface area contributed by atoms with E-state index in [0.29, 0.717) is 63.2 Å². The van der Waals surface area contributed by atoms with Gasteiger partial charge in [-0.05, 0) is 51.8 Å². The third-order valence-electron chi connectivity index (χ3n) is 6.53. The third-order valence-corrected chi connectivity index (χ3v) is 6.53. The van der Waals surface area contributed by atoms with Crippen LogP contribution in [0.1, 0.15) is 63.2 Å². The molecule has 7 nitrogen and oxygen atoms in total. The van der Waals surface area contributed by atoms with Gasteiger partial charge in [0.1, 0.15) is 22.8 Å². The summed E-state index contributed by atoms with van der Waals surface area (Å²) in [5, 5.41) is 0. The van der Waals surface area contributed by atoms with Crippen molar-refractivity contribution < 1.29 is 28.2 Å². The second kappa shape index (κ2) is 8.37.